The topological polar surface area (TPSA) is 46.5 Å². The molecule has 0 radical (unpaired) electrons. The largest absolute Gasteiger partial charge is 1.00 e. The van der Waals surface area contributed by atoms with Crippen molar-refractivity contribution in [1.82, 2.24) is 0 Å². The van der Waals surface area contributed by atoms with Gasteiger partial charge < -0.3 is 31.3 Å². The molecule has 2 aromatic rings. The number of ether oxygens (including phenoxy) is 1. The van der Waals surface area contributed by atoms with Crippen molar-refractivity contribution in [3.63, 3.8) is 0 Å². The monoisotopic (exact) mass is 563 g/mol. The molecule has 0 saturated carbocycles. The van der Waals surface area contributed by atoms with Crippen LogP contribution in [0.2, 0.25) is 10.0 Å². The summed E-state index contributed by atoms with van der Waals surface area (Å²) >= 11 is 11.8. The molecule has 9 heteroatoms. The highest BCUT2D eigenvalue weighted by atomic mass is 79.9. The van der Waals surface area contributed by atoms with Gasteiger partial charge in [-0.25, -0.2) is 13.6 Å². The molecule has 1 saturated heterocycles. The summed E-state index contributed by atoms with van der Waals surface area (Å²) in [4.78, 5) is 13.4. The fraction of sp³-hybridized carbons (Fsp3) is 0.375. The van der Waals surface area contributed by atoms with Gasteiger partial charge in [0.1, 0.15) is 29.8 Å². The second kappa shape index (κ2) is 10.0. The Kier molecular flexibility index (Phi) is 8.40. The highest BCUT2D eigenvalue weighted by Crippen LogP contribution is 2.39. The van der Waals surface area contributed by atoms with E-state index in [4.69, 9.17) is 27.9 Å². The number of aliphatic hydroxyl groups is 1. The maximum Gasteiger partial charge on any atom is 0.347 e. The quantitative estimate of drug-likeness (QED) is 0.352. The Morgan fingerprint density at radius 1 is 1.00 bits per heavy atom. The van der Waals surface area contributed by atoms with E-state index in [1.807, 2.05) is 0 Å². The number of carbonyl (C=O) groups is 1. The average Bonchev–Trinajstić information content (AvgIpc) is 2.88. The number of nitrogens with zero attached hydrogens (tertiary/aromatic N) is 1. The zero-order chi connectivity index (χ0) is 22.6. The fourth-order valence-corrected chi connectivity index (χ4v) is 4.82. The number of benzene rings is 2. The smallest absolute Gasteiger partial charge is 0.347 e. The standard InChI is InChI=1S/C23H22Cl2F2NO3.CH4.BrH/c1-28(2)15-5-6-16(28)12-17(11-15)31-22(29)23(30,13-3-7-20(26)18(24)9-13)14-4-8-21(27)19(25)10-14;;/h3-10,15-17,30H,11-12H2,1-2H3;1H4;1H/q+1;;/p-1/t15-,16?,17?;;/m1../s1. The lowest BCUT2D eigenvalue weighted by Gasteiger charge is -2.44. The van der Waals surface area contributed by atoms with E-state index in [2.05, 4.69) is 26.2 Å². The molecular weight excluding hydrogens is 539 g/mol. The molecule has 2 heterocycles. The van der Waals surface area contributed by atoms with E-state index in [-0.39, 0.29) is 57.7 Å². The van der Waals surface area contributed by atoms with E-state index in [9.17, 15) is 18.7 Å². The highest BCUT2D eigenvalue weighted by Gasteiger charge is 2.49. The third kappa shape index (κ3) is 4.84. The lowest BCUT2D eigenvalue weighted by atomic mass is 9.86. The minimum atomic E-state index is -2.34. The first-order chi connectivity index (χ1) is 14.5. The summed E-state index contributed by atoms with van der Waals surface area (Å²) in [5.41, 5.74) is -2.35. The average molecular weight is 565 g/mol. The van der Waals surface area contributed by atoms with Crippen LogP contribution in [0, 0.1) is 11.6 Å². The molecule has 4 nitrogen and oxygen atoms in total. The number of hydrogen-bond acceptors (Lipinski definition) is 3. The second-order valence-corrected chi connectivity index (χ2v) is 9.43. The molecule has 180 valence electrons. The van der Waals surface area contributed by atoms with E-state index < -0.39 is 29.3 Å². The molecule has 2 unspecified atom stereocenters. The first kappa shape index (κ1) is 27.7. The van der Waals surface area contributed by atoms with Crippen LogP contribution in [0.1, 0.15) is 31.4 Å². The molecule has 0 spiro atoms. The van der Waals surface area contributed by atoms with Crippen LogP contribution in [0.3, 0.4) is 0 Å². The van der Waals surface area contributed by atoms with Gasteiger partial charge in [0.05, 0.1) is 24.1 Å². The molecule has 2 bridgehead atoms. The Hall–Kier alpha value is -1.51. The second-order valence-electron chi connectivity index (χ2n) is 8.62. The van der Waals surface area contributed by atoms with Gasteiger partial charge in [-0.1, -0.05) is 42.8 Å². The first-order valence-electron chi connectivity index (χ1n) is 9.89. The van der Waals surface area contributed by atoms with Crippen molar-refractivity contribution in [3.8, 4) is 0 Å². The van der Waals surface area contributed by atoms with Crippen LogP contribution in [-0.4, -0.2) is 47.8 Å². The van der Waals surface area contributed by atoms with Gasteiger partial charge >= 0.3 is 5.97 Å². The summed E-state index contributed by atoms with van der Waals surface area (Å²) in [6, 6.07) is 7.29. The lowest BCUT2D eigenvalue weighted by Crippen LogP contribution is -3.00. The van der Waals surface area contributed by atoms with Gasteiger partial charge in [0.2, 0.25) is 5.60 Å². The van der Waals surface area contributed by atoms with E-state index in [1.165, 1.54) is 12.1 Å². The van der Waals surface area contributed by atoms with Gasteiger partial charge in [0.25, 0.3) is 0 Å². The van der Waals surface area contributed by atoms with Crippen LogP contribution in [0.25, 0.3) is 0 Å². The Balaban J connectivity index is 0.00000193. The lowest BCUT2D eigenvalue weighted by molar-refractivity contribution is -0.926. The third-order valence-electron chi connectivity index (χ3n) is 6.52. The summed E-state index contributed by atoms with van der Waals surface area (Å²) in [5.74, 6) is -2.35. The summed E-state index contributed by atoms with van der Waals surface area (Å²) in [6.07, 6.45) is 5.06. The molecular formula is C24H26BrCl2F2NO3. The zero-order valence-electron chi connectivity index (χ0n) is 17.4. The zero-order valence-corrected chi connectivity index (χ0v) is 20.5. The summed E-state index contributed by atoms with van der Waals surface area (Å²) in [7, 11) is 4.26. The first-order valence-corrected chi connectivity index (χ1v) is 10.6. The molecule has 33 heavy (non-hydrogen) atoms. The van der Waals surface area contributed by atoms with Crippen LogP contribution >= 0.6 is 23.2 Å². The van der Waals surface area contributed by atoms with E-state index in [0.717, 1.165) is 28.7 Å². The van der Waals surface area contributed by atoms with E-state index in [1.54, 1.807) is 0 Å². The number of likely N-dealkylation sites (N-methyl/N-ethyl adjacent to an activating group) is 1. The molecule has 4 rings (SSSR count). The number of rotatable bonds is 4. The summed E-state index contributed by atoms with van der Waals surface area (Å²) in [6.45, 7) is 0. The van der Waals surface area contributed by atoms with Gasteiger partial charge in [0, 0.05) is 24.0 Å². The van der Waals surface area contributed by atoms with Crippen molar-refractivity contribution in [2.45, 2.75) is 44.1 Å². The van der Waals surface area contributed by atoms with Crippen molar-refractivity contribution < 1.29 is 44.9 Å². The summed E-state index contributed by atoms with van der Waals surface area (Å²) < 4.78 is 34.0. The number of carbonyl (C=O) groups excluding carboxylic acids is 1. The number of fused-ring (bicyclic) bond motifs is 2. The van der Waals surface area contributed by atoms with Crippen LogP contribution in [0.15, 0.2) is 48.6 Å². The highest BCUT2D eigenvalue weighted by molar-refractivity contribution is 6.31. The molecule has 2 aromatic carbocycles. The Bertz CT molecular complexity index is 1010. The number of esters is 1. The molecule has 2 aliphatic rings. The molecule has 1 fully saturated rings. The Labute approximate surface area is 213 Å². The summed E-state index contributed by atoms with van der Waals surface area (Å²) in [5, 5.41) is 11.0. The molecule has 1 N–H and O–H groups in total. The normalized spacial score (nSPS) is 22.8. The van der Waals surface area contributed by atoms with Crippen molar-refractivity contribution in [2.24, 2.45) is 0 Å². The van der Waals surface area contributed by atoms with Gasteiger partial charge in [0.15, 0.2) is 0 Å². The van der Waals surface area contributed by atoms with Crippen molar-refractivity contribution >= 4 is 29.2 Å². The van der Waals surface area contributed by atoms with Crippen molar-refractivity contribution in [1.29, 1.82) is 0 Å². The van der Waals surface area contributed by atoms with Gasteiger partial charge in [-0.05, 0) is 36.4 Å². The fourth-order valence-electron chi connectivity index (χ4n) is 4.46. The molecule has 3 atom stereocenters. The maximum absolute atomic E-state index is 13.7. The molecule has 0 aliphatic carbocycles. The number of piperidine rings is 1. The molecule has 0 aromatic heterocycles. The number of quaternary nitrogens is 1. The predicted molar refractivity (Wildman–Crippen MR) is 120 cm³/mol. The maximum atomic E-state index is 13.7. The minimum Gasteiger partial charge on any atom is -1.00 e. The van der Waals surface area contributed by atoms with Crippen LogP contribution in [-0.2, 0) is 15.1 Å². The van der Waals surface area contributed by atoms with Crippen molar-refractivity contribution in [3.05, 3.63) is 81.4 Å². The minimum absolute atomic E-state index is 0. The molecule has 2 aliphatic heterocycles. The van der Waals surface area contributed by atoms with Crippen LogP contribution in [0.5, 0.6) is 0 Å². The van der Waals surface area contributed by atoms with Gasteiger partial charge in [-0.2, -0.15) is 0 Å². The molecule has 0 amide bonds. The number of halogens is 5. The Morgan fingerprint density at radius 2 is 1.42 bits per heavy atom. The third-order valence-corrected chi connectivity index (χ3v) is 7.10. The van der Waals surface area contributed by atoms with E-state index in [0.29, 0.717) is 12.8 Å². The predicted octanol–water partition coefficient (Wildman–Crippen LogP) is 2.24. The van der Waals surface area contributed by atoms with Gasteiger partial charge in [-0.3, -0.25) is 0 Å². The van der Waals surface area contributed by atoms with Crippen LogP contribution in [0.4, 0.5) is 8.78 Å². The number of hydrogen-bond donors (Lipinski definition) is 1. The van der Waals surface area contributed by atoms with Crippen LogP contribution < -0.4 is 17.0 Å². The SMILES string of the molecule is C.C[N+]1(C)C2C=C[C@@H]1CC(OC(=O)C(O)(c1ccc(F)c(Cl)c1)c1ccc(F)c(Cl)c1)C2.[Br-]. The van der Waals surface area contributed by atoms with E-state index >= 15 is 0 Å². The van der Waals surface area contributed by atoms with Crippen molar-refractivity contribution in [2.75, 3.05) is 14.1 Å². The van der Waals surface area contributed by atoms with Gasteiger partial charge in [-0.15, -0.1) is 0 Å². The Morgan fingerprint density at radius 3 is 1.82 bits per heavy atom.